The molecule has 18 heavy (non-hydrogen) atoms. The zero-order chi connectivity index (χ0) is 13.1. The number of hydrogen-bond donors (Lipinski definition) is 0. The Morgan fingerprint density at radius 2 is 1.56 bits per heavy atom. The normalized spacial score (nSPS) is 11.2. The van der Waals surface area contributed by atoms with Gasteiger partial charge in [0.2, 0.25) is 0 Å². The number of nitrogens with zero attached hydrogens (tertiary/aromatic N) is 1. The van der Waals surface area contributed by atoms with E-state index in [0.717, 1.165) is 0 Å². The van der Waals surface area contributed by atoms with E-state index in [1.165, 1.54) is 56.9 Å². The van der Waals surface area contributed by atoms with Crippen LogP contribution in [-0.2, 0) is 13.5 Å². The first-order valence-electron chi connectivity index (χ1n) is 7.42. The highest BCUT2D eigenvalue weighted by Crippen LogP contribution is 2.06. The molecule has 0 aliphatic heterocycles. The molecule has 0 bridgehead atoms. The Balaban J connectivity index is 2.00. The summed E-state index contributed by atoms with van der Waals surface area (Å²) in [6, 6.07) is 4.45. The highest BCUT2D eigenvalue weighted by molar-refractivity contribution is 5.07. The SMILES string of the molecule is CCCCC/C=C\CCCCc1cc[n+](C)cc1. The highest BCUT2D eigenvalue weighted by Gasteiger charge is 1.95. The van der Waals surface area contributed by atoms with Gasteiger partial charge >= 0.3 is 0 Å². The van der Waals surface area contributed by atoms with Gasteiger partial charge in [0.1, 0.15) is 7.05 Å². The van der Waals surface area contributed by atoms with Crippen molar-refractivity contribution in [3.8, 4) is 0 Å². The quantitative estimate of drug-likeness (QED) is 0.346. The third kappa shape index (κ3) is 7.26. The van der Waals surface area contributed by atoms with E-state index in [1.54, 1.807) is 0 Å². The summed E-state index contributed by atoms with van der Waals surface area (Å²) in [7, 11) is 2.06. The molecule has 0 unspecified atom stereocenters. The Morgan fingerprint density at radius 1 is 0.944 bits per heavy atom. The largest absolute Gasteiger partial charge is 0.208 e. The Morgan fingerprint density at radius 3 is 2.17 bits per heavy atom. The molecule has 0 saturated heterocycles. The van der Waals surface area contributed by atoms with Crippen LogP contribution in [0.4, 0.5) is 0 Å². The fourth-order valence-electron chi connectivity index (χ4n) is 2.04. The van der Waals surface area contributed by atoms with E-state index < -0.39 is 0 Å². The molecule has 0 aliphatic rings. The van der Waals surface area contributed by atoms with Crippen LogP contribution >= 0.6 is 0 Å². The van der Waals surface area contributed by atoms with E-state index in [9.17, 15) is 0 Å². The van der Waals surface area contributed by atoms with E-state index >= 15 is 0 Å². The first-order chi connectivity index (χ1) is 8.83. The maximum Gasteiger partial charge on any atom is 0.168 e. The summed E-state index contributed by atoms with van der Waals surface area (Å²) in [4.78, 5) is 0. The minimum absolute atomic E-state index is 1.21. The van der Waals surface area contributed by atoms with E-state index in [2.05, 4.69) is 55.2 Å². The van der Waals surface area contributed by atoms with Gasteiger partial charge in [0.25, 0.3) is 0 Å². The average Bonchev–Trinajstić information content (AvgIpc) is 2.39. The van der Waals surface area contributed by atoms with Gasteiger partial charge in [0.05, 0.1) is 0 Å². The van der Waals surface area contributed by atoms with Crippen molar-refractivity contribution in [1.82, 2.24) is 0 Å². The number of allylic oxidation sites excluding steroid dienone is 2. The van der Waals surface area contributed by atoms with Crippen molar-refractivity contribution in [2.45, 2.75) is 58.3 Å². The number of unbranched alkanes of at least 4 members (excludes halogenated alkanes) is 5. The highest BCUT2D eigenvalue weighted by atomic mass is 14.9. The van der Waals surface area contributed by atoms with Crippen LogP contribution in [0.25, 0.3) is 0 Å². The van der Waals surface area contributed by atoms with Crippen LogP contribution in [0.3, 0.4) is 0 Å². The van der Waals surface area contributed by atoms with Gasteiger partial charge in [-0.25, -0.2) is 4.57 Å². The van der Waals surface area contributed by atoms with Crippen LogP contribution in [0, 0.1) is 0 Å². The minimum atomic E-state index is 1.21. The summed E-state index contributed by atoms with van der Waals surface area (Å²) in [5.41, 5.74) is 1.46. The molecule has 0 spiro atoms. The Kier molecular flexibility index (Phi) is 8.20. The van der Waals surface area contributed by atoms with Crippen molar-refractivity contribution < 1.29 is 4.57 Å². The maximum absolute atomic E-state index is 2.36. The molecule has 1 nitrogen and oxygen atoms in total. The fraction of sp³-hybridized carbons (Fsp3) is 0.588. The van der Waals surface area contributed by atoms with Crippen LogP contribution in [0.5, 0.6) is 0 Å². The molecule has 0 radical (unpaired) electrons. The van der Waals surface area contributed by atoms with Crippen molar-refractivity contribution >= 4 is 0 Å². The van der Waals surface area contributed by atoms with Gasteiger partial charge in [-0.3, -0.25) is 0 Å². The topological polar surface area (TPSA) is 3.88 Å². The molecule has 0 fully saturated rings. The molecular weight excluding hydrogens is 218 g/mol. The Labute approximate surface area is 113 Å². The predicted molar refractivity (Wildman–Crippen MR) is 78.5 cm³/mol. The van der Waals surface area contributed by atoms with E-state index in [4.69, 9.17) is 0 Å². The van der Waals surface area contributed by atoms with Crippen LogP contribution in [0.2, 0.25) is 0 Å². The van der Waals surface area contributed by atoms with E-state index in [-0.39, 0.29) is 0 Å². The third-order valence-electron chi connectivity index (χ3n) is 3.27. The molecule has 0 atom stereocenters. The van der Waals surface area contributed by atoms with Crippen molar-refractivity contribution in [1.29, 1.82) is 0 Å². The van der Waals surface area contributed by atoms with Crippen LogP contribution in [-0.4, -0.2) is 0 Å². The predicted octanol–water partition coefficient (Wildman–Crippen LogP) is 4.36. The van der Waals surface area contributed by atoms with Gasteiger partial charge in [-0.15, -0.1) is 0 Å². The summed E-state index contributed by atoms with van der Waals surface area (Å²) in [6.07, 6.45) is 19.4. The average molecular weight is 246 g/mol. The van der Waals surface area contributed by atoms with Crippen LogP contribution in [0.1, 0.15) is 57.4 Å². The molecule has 0 saturated carbocycles. The Bertz CT molecular complexity index is 324. The summed E-state index contributed by atoms with van der Waals surface area (Å²) in [6.45, 7) is 2.26. The molecule has 1 heterocycles. The lowest BCUT2D eigenvalue weighted by atomic mass is 10.1. The first-order valence-corrected chi connectivity index (χ1v) is 7.42. The van der Waals surface area contributed by atoms with Crippen molar-refractivity contribution in [3.63, 3.8) is 0 Å². The van der Waals surface area contributed by atoms with Gasteiger partial charge in [-0.05, 0) is 44.1 Å². The molecule has 1 aromatic rings. The summed E-state index contributed by atoms with van der Waals surface area (Å²) in [5, 5.41) is 0. The van der Waals surface area contributed by atoms with Gasteiger partial charge in [-0.1, -0.05) is 31.9 Å². The second-order valence-corrected chi connectivity index (χ2v) is 5.08. The molecule has 1 rings (SSSR count). The fourth-order valence-corrected chi connectivity index (χ4v) is 2.04. The molecule has 0 N–H and O–H groups in total. The first kappa shape index (κ1) is 14.9. The molecule has 100 valence electrons. The summed E-state index contributed by atoms with van der Waals surface area (Å²) >= 11 is 0. The molecule has 0 amide bonds. The minimum Gasteiger partial charge on any atom is -0.208 e. The van der Waals surface area contributed by atoms with E-state index in [0.29, 0.717) is 0 Å². The zero-order valence-electron chi connectivity index (χ0n) is 12.1. The van der Waals surface area contributed by atoms with Crippen molar-refractivity contribution in [2.75, 3.05) is 0 Å². The lowest BCUT2D eigenvalue weighted by molar-refractivity contribution is -0.671. The lowest BCUT2D eigenvalue weighted by Gasteiger charge is -1.98. The number of hydrogen-bond acceptors (Lipinski definition) is 0. The van der Waals surface area contributed by atoms with Gasteiger partial charge in [0, 0.05) is 12.1 Å². The monoisotopic (exact) mass is 246 g/mol. The molecule has 1 heteroatoms. The number of aryl methyl sites for hydroxylation is 2. The number of rotatable bonds is 9. The second-order valence-electron chi connectivity index (χ2n) is 5.08. The van der Waals surface area contributed by atoms with Crippen molar-refractivity contribution in [2.24, 2.45) is 7.05 Å². The smallest absolute Gasteiger partial charge is 0.168 e. The van der Waals surface area contributed by atoms with Crippen LogP contribution < -0.4 is 4.57 Å². The summed E-state index contributed by atoms with van der Waals surface area (Å²) in [5.74, 6) is 0. The molecule has 0 aliphatic carbocycles. The van der Waals surface area contributed by atoms with Crippen molar-refractivity contribution in [3.05, 3.63) is 42.2 Å². The molecule has 0 aromatic carbocycles. The maximum atomic E-state index is 2.36. The van der Waals surface area contributed by atoms with Crippen LogP contribution in [0.15, 0.2) is 36.7 Å². The van der Waals surface area contributed by atoms with Gasteiger partial charge < -0.3 is 0 Å². The standard InChI is InChI=1S/C17H28N/c1-3-4-5-6-7-8-9-10-11-12-17-13-15-18(2)16-14-17/h7-8,13-16H,3-6,9-12H2,1-2H3/q+1/b8-7-. The Hall–Kier alpha value is -1.11. The second kappa shape index (κ2) is 9.87. The number of aromatic nitrogens is 1. The molecule has 1 aromatic heterocycles. The van der Waals surface area contributed by atoms with Gasteiger partial charge in [-0.2, -0.15) is 0 Å². The molecular formula is C17H28N+. The van der Waals surface area contributed by atoms with Gasteiger partial charge in [0.15, 0.2) is 12.4 Å². The third-order valence-corrected chi connectivity index (χ3v) is 3.27. The summed E-state index contributed by atoms with van der Waals surface area (Å²) < 4.78 is 2.09. The number of pyridine rings is 1. The van der Waals surface area contributed by atoms with E-state index in [1.807, 2.05) is 0 Å². The lowest BCUT2D eigenvalue weighted by Crippen LogP contribution is -2.25. The zero-order valence-corrected chi connectivity index (χ0v) is 12.1.